The topological polar surface area (TPSA) is 136 Å². The number of fused-ring (bicyclic) bond motifs is 1. The van der Waals surface area contributed by atoms with Crippen molar-refractivity contribution in [1.82, 2.24) is 24.7 Å². The summed E-state index contributed by atoms with van der Waals surface area (Å²) < 4.78 is 6.63. The van der Waals surface area contributed by atoms with Gasteiger partial charge in [-0.15, -0.1) is 5.10 Å². The maximum Gasteiger partial charge on any atom is 0.276 e. The monoisotopic (exact) mass is 396 g/mol. The van der Waals surface area contributed by atoms with E-state index in [-0.39, 0.29) is 23.0 Å². The van der Waals surface area contributed by atoms with Crippen molar-refractivity contribution in [3.63, 3.8) is 0 Å². The van der Waals surface area contributed by atoms with Gasteiger partial charge in [-0.3, -0.25) is 14.4 Å². The maximum atomic E-state index is 12.9. The number of methoxy groups -OCH3 is 1. The van der Waals surface area contributed by atoms with E-state index in [1.807, 2.05) is 18.2 Å². The summed E-state index contributed by atoms with van der Waals surface area (Å²) in [5, 5.41) is 7.91. The van der Waals surface area contributed by atoms with Gasteiger partial charge >= 0.3 is 0 Å². The van der Waals surface area contributed by atoms with Gasteiger partial charge in [0.15, 0.2) is 11.2 Å². The molecule has 0 saturated carbocycles. The number of amides is 2. The molecule has 10 nitrogen and oxygen atoms in total. The molecule has 0 spiro atoms. The molecule has 0 bridgehead atoms. The Morgan fingerprint density at radius 3 is 2.66 bits per heavy atom. The second-order valence-corrected chi connectivity index (χ2v) is 6.90. The summed E-state index contributed by atoms with van der Waals surface area (Å²) in [5.74, 6) is -0.385. The number of rotatable bonds is 4. The van der Waals surface area contributed by atoms with E-state index in [0.717, 1.165) is 0 Å². The van der Waals surface area contributed by atoms with E-state index in [4.69, 9.17) is 10.5 Å². The molecule has 0 aliphatic carbocycles. The fourth-order valence-electron chi connectivity index (χ4n) is 3.60. The molecule has 0 radical (unpaired) electrons. The Morgan fingerprint density at radius 2 is 1.97 bits per heavy atom. The third kappa shape index (κ3) is 3.33. The van der Waals surface area contributed by atoms with Crippen LogP contribution in [0.25, 0.3) is 16.8 Å². The zero-order chi connectivity index (χ0) is 20.5. The van der Waals surface area contributed by atoms with E-state index in [2.05, 4.69) is 15.3 Å². The number of hydrogen-bond acceptors (Lipinski definition) is 6. The van der Waals surface area contributed by atoms with Gasteiger partial charge < -0.3 is 20.4 Å². The Morgan fingerprint density at radius 1 is 1.24 bits per heavy atom. The number of para-hydroxylation sites is 1. The van der Waals surface area contributed by atoms with Crippen LogP contribution in [0.1, 0.15) is 23.3 Å². The van der Waals surface area contributed by atoms with Crippen LogP contribution in [0.4, 0.5) is 0 Å². The van der Waals surface area contributed by atoms with Gasteiger partial charge in [0.2, 0.25) is 5.91 Å². The van der Waals surface area contributed by atoms with E-state index >= 15 is 0 Å². The first-order valence-electron chi connectivity index (χ1n) is 9.20. The molecule has 3 aromatic rings. The van der Waals surface area contributed by atoms with Crippen molar-refractivity contribution in [3.8, 4) is 17.0 Å². The van der Waals surface area contributed by atoms with Crippen molar-refractivity contribution in [2.75, 3.05) is 20.2 Å². The number of primary amides is 1. The molecule has 4 rings (SSSR count). The second-order valence-electron chi connectivity index (χ2n) is 6.90. The summed E-state index contributed by atoms with van der Waals surface area (Å²) in [6, 6.07) is 7.24. The smallest absolute Gasteiger partial charge is 0.276 e. The molecule has 1 aliphatic rings. The van der Waals surface area contributed by atoms with Crippen molar-refractivity contribution >= 4 is 17.3 Å². The highest BCUT2D eigenvalue weighted by Crippen LogP contribution is 2.27. The summed E-state index contributed by atoms with van der Waals surface area (Å²) in [6.07, 6.45) is 2.58. The second kappa shape index (κ2) is 7.38. The van der Waals surface area contributed by atoms with Crippen molar-refractivity contribution in [3.05, 3.63) is 46.5 Å². The van der Waals surface area contributed by atoms with E-state index in [9.17, 15) is 14.4 Å². The minimum absolute atomic E-state index is 0.0182. The first-order chi connectivity index (χ1) is 14.0. The largest absolute Gasteiger partial charge is 0.496 e. The number of likely N-dealkylation sites (tertiary alicyclic amines) is 1. The lowest BCUT2D eigenvalue weighted by molar-refractivity contribution is -0.123. The molecule has 10 heteroatoms. The molecule has 29 heavy (non-hydrogen) atoms. The van der Waals surface area contributed by atoms with Gasteiger partial charge in [0.05, 0.1) is 19.0 Å². The molecule has 3 N–H and O–H groups in total. The van der Waals surface area contributed by atoms with Crippen LogP contribution >= 0.6 is 0 Å². The fourth-order valence-corrected chi connectivity index (χ4v) is 3.60. The maximum absolute atomic E-state index is 12.9. The van der Waals surface area contributed by atoms with Crippen LogP contribution < -0.4 is 16.0 Å². The third-order valence-electron chi connectivity index (χ3n) is 5.19. The first-order valence-corrected chi connectivity index (χ1v) is 9.20. The molecule has 1 aromatic carbocycles. The molecule has 150 valence electrons. The molecule has 3 heterocycles. The van der Waals surface area contributed by atoms with Gasteiger partial charge in [-0.05, 0) is 25.0 Å². The quantitative estimate of drug-likeness (QED) is 0.656. The van der Waals surface area contributed by atoms with Crippen molar-refractivity contribution in [2.45, 2.75) is 12.8 Å². The number of ether oxygens (including phenoxy) is 1. The Hall–Kier alpha value is -3.69. The molecule has 1 saturated heterocycles. The fraction of sp³-hybridized carbons (Fsp3) is 0.316. The first kappa shape index (κ1) is 18.7. The summed E-state index contributed by atoms with van der Waals surface area (Å²) >= 11 is 0. The summed E-state index contributed by atoms with van der Waals surface area (Å²) in [4.78, 5) is 41.3. The van der Waals surface area contributed by atoms with Gasteiger partial charge in [-0.2, -0.15) is 0 Å². The van der Waals surface area contributed by atoms with Crippen LogP contribution in [0.5, 0.6) is 5.75 Å². The number of carbonyl (C=O) groups excluding carboxylic acids is 2. The van der Waals surface area contributed by atoms with Crippen LogP contribution in [0, 0.1) is 5.92 Å². The number of aromatic amines is 1. The highest BCUT2D eigenvalue weighted by atomic mass is 16.5. The summed E-state index contributed by atoms with van der Waals surface area (Å²) in [6.45, 7) is 0.755. The number of nitrogens with two attached hydrogens (primary N) is 1. The molecule has 0 unspecified atom stereocenters. The SMILES string of the molecule is COc1ccccc1-c1cn2nnc(C(=O)N3CCC(C(N)=O)CC3)c2c(=O)[nH]1. The highest BCUT2D eigenvalue weighted by Gasteiger charge is 2.29. The van der Waals surface area contributed by atoms with Crippen molar-refractivity contribution < 1.29 is 14.3 Å². The number of hydrogen-bond donors (Lipinski definition) is 2. The van der Waals surface area contributed by atoms with Crippen molar-refractivity contribution in [2.24, 2.45) is 11.7 Å². The van der Waals surface area contributed by atoms with Crippen molar-refractivity contribution in [1.29, 1.82) is 0 Å². The van der Waals surface area contributed by atoms with E-state index < -0.39 is 11.5 Å². The minimum atomic E-state index is -0.478. The lowest BCUT2D eigenvalue weighted by atomic mass is 9.96. The number of aromatic nitrogens is 4. The van der Waals surface area contributed by atoms with Gasteiger partial charge in [0, 0.05) is 24.6 Å². The molecule has 2 amide bonds. The highest BCUT2D eigenvalue weighted by molar-refractivity contribution is 5.98. The molecule has 1 aliphatic heterocycles. The number of H-pyrrole nitrogens is 1. The van der Waals surface area contributed by atoms with Crippen LogP contribution in [0.15, 0.2) is 35.3 Å². The lowest BCUT2D eigenvalue weighted by Crippen LogP contribution is -2.42. The molecule has 0 atom stereocenters. The Labute approximate surface area is 165 Å². The van der Waals surface area contributed by atoms with E-state index in [0.29, 0.717) is 42.9 Å². The van der Waals surface area contributed by atoms with Gasteiger partial charge in [-0.1, -0.05) is 17.3 Å². The predicted molar refractivity (Wildman–Crippen MR) is 103 cm³/mol. The molecular weight excluding hydrogens is 376 g/mol. The predicted octanol–water partition coefficient (Wildman–Crippen LogP) is 0.431. The van der Waals surface area contributed by atoms with Crippen LogP contribution in [0.3, 0.4) is 0 Å². The van der Waals surface area contributed by atoms with E-state index in [1.54, 1.807) is 24.3 Å². The molecular formula is C19H20N6O4. The zero-order valence-electron chi connectivity index (χ0n) is 15.8. The average Bonchev–Trinajstić information content (AvgIpc) is 3.18. The number of carbonyl (C=O) groups is 2. The van der Waals surface area contributed by atoms with Gasteiger partial charge in [0.1, 0.15) is 5.75 Å². The summed E-state index contributed by atoms with van der Waals surface area (Å²) in [5.41, 5.74) is 6.09. The van der Waals surface area contributed by atoms with Crippen LogP contribution in [0.2, 0.25) is 0 Å². The number of piperidine rings is 1. The van der Waals surface area contributed by atoms with E-state index in [1.165, 1.54) is 4.52 Å². The third-order valence-corrected chi connectivity index (χ3v) is 5.19. The molecule has 2 aromatic heterocycles. The minimum Gasteiger partial charge on any atom is -0.496 e. The lowest BCUT2D eigenvalue weighted by Gasteiger charge is -2.29. The normalized spacial score (nSPS) is 14.9. The molecule has 1 fully saturated rings. The van der Waals surface area contributed by atoms with Crippen LogP contribution in [-0.4, -0.2) is 56.7 Å². The zero-order valence-corrected chi connectivity index (χ0v) is 15.8. The Bertz CT molecular complexity index is 1140. The van der Waals surface area contributed by atoms with Gasteiger partial charge in [-0.25, -0.2) is 4.52 Å². The number of nitrogens with zero attached hydrogens (tertiary/aromatic N) is 4. The number of nitrogens with one attached hydrogen (secondary N) is 1. The van der Waals surface area contributed by atoms with Gasteiger partial charge in [0.25, 0.3) is 11.5 Å². The summed E-state index contributed by atoms with van der Waals surface area (Å²) in [7, 11) is 1.54. The Kier molecular flexibility index (Phi) is 4.75. The van der Waals surface area contributed by atoms with Crippen LogP contribution in [-0.2, 0) is 4.79 Å². The Balaban J connectivity index is 1.67. The number of benzene rings is 1. The average molecular weight is 396 g/mol. The standard InChI is InChI=1S/C19H20N6O4/c1-29-14-5-3-2-4-12(14)13-10-25-16(18(27)21-13)15(22-23-25)19(28)24-8-6-11(7-9-24)17(20)26/h2-5,10-11H,6-9H2,1H3,(H2,20,26)(H,21,27).